The number of aromatic amines is 1. The minimum Gasteiger partial charge on any atom is -0.379 e. The van der Waals surface area contributed by atoms with E-state index >= 15 is 0 Å². The molecule has 0 saturated carbocycles. The standard InChI is InChI=1S/C30H32F6N4O2.2ClH/c31-29(32,33)23-15-21(16-24(18-23)30(34,35)36)28(41)40-10-9-39(8-4-3-7-38-11-13-42-14-12-38)20-25(40)17-22-19-37-27-6-2-1-5-26(22)27;;/h1-6,15-16,18-19,25,37H,7-14,17,20H2;2*1H/b4-3+;;/t25-;;/m1../s1. The Kier molecular flexibility index (Phi) is 12.2. The summed E-state index contributed by atoms with van der Waals surface area (Å²) < 4.78 is 86.5. The Balaban J connectivity index is 0.00000264. The van der Waals surface area contributed by atoms with Crippen LogP contribution in [0.2, 0.25) is 0 Å². The highest BCUT2D eigenvalue weighted by molar-refractivity contribution is 5.95. The minimum absolute atomic E-state index is 0. The predicted octanol–water partition coefficient (Wildman–Crippen LogP) is 6.31. The molecule has 6 nitrogen and oxygen atoms in total. The lowest BCUT2D eigenvalue weighted by Gasteiger charge is -2.41. The van der Waals surface area contributed by atoms with E-state index < -0.39 is 41.0 Å². The fourth-order valence-electron chi connectivity index (χ4n) is 5.56. The van der Waals surface area contributed by atoms with Crippen LogP contribution in [-0.4, -0.2) is 90.7 Å². The molecular formula is C30H34Cl2F6N4O2. The number of alkyl halides is 6. The smallest absolute Gasteiger partial charge is 0.379 e. The number of carbonyl (C=O) groups excluding carboxylic acids is 1. The second-order valence-electron chi connectivity index (χ2n) is 10.7. The van der Waals surface area contributed by atoms with Crippen molar-refractivity contribution in [2.24, 2.45) is 0 Å². The topological polar surface area (TPSA) is 51.8 Å². The van der Waals surface area contributed by atoms with Crippen molar-refractivity contribution in [3.8, 4) is 0 Å². The lowest BCUT2D eigenvalue weighted by atomic mass is 9.98. The van der Waals surface area contributed by atoms with Crippen molar-refractivity contribution in [3.63, 3.8) is 0 Å². The molecule has 1 aromatic heterocycles. The Labute approximate surface area is 263 Å². The molecule has 14 heteroatoms. The number of nitrogens with zero attached hydrogens (tertiary/aromatic N) is 3. The van der Waals surface area contributed by atoms with Crippen molar-refractivity contribution in [1.82, 2.24) is 19.7 Å². The molecule has 44 heavy (non-hydrogen) atoms. The molecule has 1 N–H and O–H groups in total. The number of amides is 1. The van der Waals surface area contributed by atoms with Gasteiger partial charge in [-0.05, 0) is 36.2 Å². The molecule has 3 aromatic rings. The summed E-state index contributed by atoms with van der Waals surface area (Å²) in [5.74, 6) is -0.848. The Morgan fingerprint density at radius 1 is 0.864 bits per heavy atom. The summed E-state index contributed by atoms with van der Waals surface area (Å²) in [5, 5.41) is 0.950. The molecule has 2 fully saturated rings. The molecule has 1 atom stereocenters. The molecule has 5 rings (SSSR count). The third-order valence-electron chi connectivity index (χ3n) is 7.79. The summed E-state index contributed by atoms with van der Waals surface area (Å²) in [4.78, 5) is 22.7. The maximum Gasteiger partial charge on any atom is 0.416 e. The third kappa shape index (κ3) is 8.69. The summed E-state index contributed by atoms with van der Waals surface area (Å²) >= 11 is 0. The number of aromatic nitrogens is 1. The van der Waals surface area contributed by atoms with Gasteiger partial charge in [-0.25, -0.2) is 0 Å². The van der Waals surface area contributed by atoms with Crippen molar-refractivity contribution in [2.45, 2.75) is 24.8 Å². The number of halogens is 8. The summed E-state index contributed by atoms with van der Waals surface area (Å²) in [6, 6.07) is 8.22. The van der Waals surface area contributed by atoms with Gasteiger partial charge in [0.2, 0.25) is 0 Å². The van der Waals surface area contributed by atoms with Crippen LogP contribution < -0.4 is 0 Å². The zero-order chi connectivity index (χ0) is 29.9. The number of hydrogen-bond donors (Lipinski definition) is 1. The van der Waals surface area contributed by atoms with E-state index in [1.165, 1.54) is 4.90 Å². The molecule has 0 spiro atoms. The molecule has 242 valence electrons. The van der Waals surface area contributed by atoms with E-state index in [-0.39, 0.29) is 37.4 Å². The monoisotopic (exact) mass is 666 g/mol. The molecule has 2 aliphatic rings. The predicted molar refractivity (Wildman–Crippen MR) is 161 cm³/mol. The van der Waals surface area contributed by atoms with Gasteiger partial charge in [0.1, 0.15) is 0 Å². The van der Waals surface area contributed by atoms with Gasteiger partial charge in [0, 0.05) is 74.5 Å². The maximum absolute atomic E-state index is 13.6. The van der Waals surface area contributed by atoms with Gasteiger partial charge in [0.15, 0.2) is 0 Å². The van der Waals surface area contributed by atoms with E-state index in [2.05, 4.69) is 26.9 Å². The fourth-order valence-corrected chi connectivity index (χ4v) is 5.56. The number of piperazine rings is 1. The molecular weight excluding hydrogens is 633 g/mol. The molecule has 2 aliphatic heterocycles. The lowest BCUT2D eigenvalue weighted by molar-refractivity contribution is -0.143. The number of morpholine rings is 1. The molecule has 3 heterocycles. The average Bonchev–Trinajstić information content (AvgIpc) is 3.37. The van der Waals surface area contributed by atoms with E-state index in [4.69, 9.17) is 4.74 Å². The number of carbonyl (C=O) groups is 1. The van der Waals surface area contributed by atoms with Gasteiger partial charge in [-0.15, -0.1) is 24.8 Å². The first-order valence-electron chi connectivity index (χ1n) is 13.8. The first-order chi connectivity index (χ1) is 20.0. The van der Waals surface area contributed by atoms with Gasteiger partial charge in [-0.1, -0.05) is 30.4 Å². The number of ether oxygens (including phenoxy) is 1. The van der Waals surface area contributed by atoms with E-state index in [1.54, 1.807) is 0 Å². The number of rotatable bonds is 7. The Hall–Kier alpha value is -2.77. The summed E-state index contributed by atoms with van der Waals surface area (Å²) in [5.41, 5.74) is -1.81. The quantitative estimate of drug-likeness (QED) is 0.237. The van der Waals surface area contributed by atoms with E-state index in [9.17, 15) is 31.1 Å². The fraction of sp³-hybridized carbons (Fsp3) is 0.433. The van der Waals surface area contributed by atoms with Crippen LogP contribution in [0.5, 0.6) is 0 Å². The van der Waals surface area contributed by atoms with E-state index in [1.807, 2.05) is 30.5 Å². The highest BCUT2D eigenvalue weighted by Crippen LogP contribution is 2.37. The molecule has 0 unspecified atom stereocenters. The molecule has 0 bridgehead atoms. The van der Waals surface area contributed by atoms with Crippen molar-refractivity contribution >= 4 is 41.6 Å². The largest absolute Gasteiger partial charge is 0.416 e. The van der Waals surface area contributed by atoms with E-state index in [0.717, 1.165) is 36.1 Å². The van der Waals surface area contributed by atoms with Crippen LogP contribution in [0.25, 0.3) is 10.9 Å². The number of fused-ring (bicyclic) bond motifs is 1. The van der Waals surface area contributed by atoms with Crippen LogP contribution in [0, 0.1) is 0 Å². The molecule has 2 aromatic carbocycles. The number of hydrogen-bond acceptors (Lipinski definition) is 4. The van der Waals surface area contributed by atoms with Crippen molar-refractivity contribution < 1.29 is 35.9 Å². The van der Waals surface area contributed by atoms with Crippen molar-refractivity contribution in [3.05, 3.63) is 83.1 Å². The molecule has 0 aliphatic carbocycles. The van der Waals surface area contributed by atoms with Crippen LogP contribution in [0.15, 0.2) is 60.8 Å². The summed E-state index contributed by atoms with van der Waals surface area (Å²) in [7, 11) is 0. The number of H-pyrrole nitrogens is 1. The zero-order valence-electron chi connectivity index (χ0n) is 23.7. The van der Waals surface area contributed by atoms with Gasteiger partial charge in [-0.3, -0.25) is 14.6 Å². The lowest BCUT2D eigenvalue weighted by Crippen LogP contribution is -2.56. The van der Waals surface area contributed by atoms with Gasteiger partial charge < -0.3 is 14.6 Å². The van der Waals surface area contributed by atoms with Crippen LogP contribution in [0.3, 0.4) is 0 Å². The van der Waals surface area contributed by atoms with Crippen LogP contribution in [0.1, 0.15) is 27.0 Å². The van der Waals surface area contributed by atoms with Crippen LogP contribution >= 0.6 is 24.8 Å². The summed E-state index contributed by atoms with van der Waals surface area (Å²) in [6.07, 6.45) is -3.72. The Bertz CT molecular complexity index is 1390. The minimum atomic E-state index is -5.04. The van der Waals surface area contributed by atoms with Gasteiger partial charge >= 0.3 is 12.4 Å². The second kappa shape index (κ2) is 15.0. The van der Waals surface area contributed by atoms with E-state index in [0.29, 0.717) is 51.4 Å². The number of nitrogens with one attached hydrogen (secondary N) is 1. The van der Waals surface area contributed by atoms with Crippen molar-refractivity contribution in [2.75, 3.05) is 59.0 Å². The molecule has 1 amide bonds. The summed E-state index contributed by atoms with van der Waals surface area (Å²) in [6.45, 7) is 5.55. The number of benzene rings is 2. The molecule has 0 radical (unpaired) electrons. The first-order valence-corrected chi connectivity index (χ1v) is 13.8. The zero-order valence-corrected chi connectivity index (χ0v) is 25.3. The third-order valence-corrected chi connectivity index (χ3v) is 7.79. The number of para-hydroxylation sites is 1. The molecule has 2 saturated heterocycles. The van der Waals surface area contributed by atoms with Crippen LogP contribution in [0.4, 0.5) is 26.3 Å². The highest BCUT2D eigenvalue weighted by Gasteiger charge is 2.39. The Morgan fingerprint density at radius 3 is 2.11 bits per heavy atom. The normalized spacial score (nSPS) is 18.8. The van der Waals surface area contributed by atoms with Gasteiger partial charge in [-0.2, -0.15) is 26.3 Å². The first kappa shape index (κ1) is 35.7. The van der Waals surface area contributed by atoms with Gasteiger partial charge in [0.25, 0.3) is 5.91 Å². The van der Waals surface area contributed by atoms with Gasteiger partial charge in [0.05, 0.1) is 24.3 Å². The highest BCUT2D eigenvalue weighted by atomic mass is 35.5. The average molecular weight is 668 g/mol. The second-order valence-corrected chi connectivity index (χ2v) is 10.7. The van der Waals surface area contributed by atoms with Crippen LogP contribution in [-0.2, 0) is 23.5 Å². The SMILES string of the molecule is Cl.Cl.O=C(c1cc(C(F)(F)F)cc(C(F)(F)F)c1)N1CCN(C/C=C/CN2CCOCC2)C[C@H]1Cc1c[nH]c2ccccc12. The van der Waals surface area contributed by atoms with Crippen molar-refractivity contribution in [1.29, 1.82) is 0 Å². The maximum atomic E-state index is 13.6. The Morgan fingerprint density at radius 2 is 1.48 bits per heavy atom.